The zero-order valence-corrected chi connectivity index (χ0v) is 15.3. The Labute approximate surface area is 163 Å². The lowest BCUT2D eigenvalue weighted by atomic mass is 10.1. The summed E-state index contributed by atoms with van der Waals surface area (Å²) in [6.45, 7) is 1.33. The van der Waals surface area contributed by atoms with E-state index in [-0.39, 0.29) is 28.1 Å². The second kappa shape index (κ2) is 7.22. The van der Waals surface area contributed by atoms with Gasteiger partial charge in [0, 0.05) is 13.1 Å². The Hall–Kier alpha value is -3.96. The summed E-state index contributed by atoms with van der Waals surface area (Å²) in [6.07, 6.45) is 1.83. The number of nitrogens with one attached hydrogen (secondary N) is 1. The van der Waals surface area contributed by atoms with Gasteiger partial charge in [-0.15, -0.1) is 0 Å². The summed E-state index contributed by atoms with van der Waals surface area (Å²) in [4.78, 5) is 24.0. The largest absolute Gasteiger partial charge is 0.496 e. The van der Waals surface area contributed by atoms with Crippen LogP contribution in [0.25, 0.3) is 11.0 Å². The molecule has 1 aromatic heterocycles. The van der Waals surface area contributed by atoms with Gasteiger partial charge in [-0.25, -0.2) is 4.63 Å². The van der Waals surface area contributed by atoms with Crippen LogP contribution in [0.1, 0.15) is 12.8 Å². The van der Waals surface area contributed by atoms with Gasteiger partial charge in [0.05, 0.1) is 28.7 Å². The van der Waals surface area contributed by atoms with Crippen LogP contribution in [0.3, 0.4) is 0 Å². The first-order chi connectivity index (χ1) is 14.0. The van der Waals surface area contributed by atoms with Crippen LogP contribution >= 0.6 is 0 Å². The van der Waals surface area contributed by atoms with Gasteiger partial charge >= 0.3 is 5.69 Å². The Kier molecular flexibility index (Phi) is 4.58. The average Bonchev–Trinajstić information content (AvgIpc) is 3.39. The third kappa shape index (κ3) is 3.24. The van der Waals surface area contributed by atoms with Crippen molar-refractivity contribution in [3.63, 3.8) is 0 Å². The topological polar surface area (TPSA) is 150 Å². The summed E-state index contributed by atoms with van der Waals surface area (Å²) in [7, 11) is 1.41. The van der Waals surface area contributed by atoms with Gasteiger partial charge in [-0.05, 0) is 41.4 Å². The summed E-state index contributed by atoms with van der Waals surface area (Å²) in [5.74, 6) is 0.331. The molecule has 0 bridgehead atoms. The maximum atomic E-state index is 11.7. The zero-order chi connectivity index (χ0) is 20.5. The van der Waals surface area contributed by atoms with E-state index in [0.29, 0.717) is 30.2 Å². The first-order valence-corrected chi connectivity index (χ1v) is 8.77. The fourth-order valence-electron chi connectivity index (χ4n) is 3.43. The van der Waals surface area contributed by atoms with Gasteiger partial charge < -0.3 is 15.0 Å². The maximum absolute atomic E-state index is 11.7. The Bertz CT molecular complexity index is 1110. The molecule has 12 nitrogen and oxygen atoms in total. The molecule has 1 fully saturated rings. The number of anilines is 3. The van der Waals surface area contributed by atoms with E-state index in [9.17, 15) is 20.2 Å². The van der Waals surface area contributed by atoms with Crippen LogP contribution in [-0.4, -0.2) is 40.4 Å². The number of rotatable bonds is 6. The van der Waals surface area contributed by atoms with Gasteiger partial charge in [-0.2, -0.15) is 0 Å². The molecule has 0 aliphatic carbocycles. The van der Waals surface area contributed by atoms with Gasteiger partial charge in [-0.3, -0.25) is 20.2 Å². The van der Waals surface area contributed by atoms with Crippen molar-refractivity contribution in [2.75, 3.05) is 30.4 Å². The lowest BCUT2D eigenvalue weighted by Gasteiger charge is -2.19. The Morgan fingerprint density at radius 2 is 1.79 bits per heavy atom. The normalized spacial score (nSPS) is 13.6. The predicted octanol–water partition coefficient (Wildman–Crippen LogP) is 3.39. The first kappa shape index (κ1) is 18.4. The lowest BCUT2D eigenvalue weighted by molar-refractivity contribution is -0.384. The van der Waals surface area contributed by atoms with Crippen molar-refractivity contribution in [1.29, 1.82) is 0 Å². The Morgan fingerprint density at radius 3 is 2.45 bits per heavy atom. The number of nitrogens with zero attached hydrogens (tertiary/aromatic N) is 5. The van der Waals surface area contributed by atoms with E-state index in [1.54, 1.807) is 12.1 Å². The summed E-state index contributed by atoms with van der Waals surface area (Å²) >= 11 is 0. The van der Waals surface area contributed by atoms with Crippen LogP contribution in [0, 0.1) is 20.2 Å². The van der Waals surface area contributed by atoms with Gasteiger partial charge in [0.15, 0.2) is 5.52 Å². The molecule has 3 aromatic rings. The highest BCUT2D eigenvalue weighted by molar-refractivity contribution is 6.01. The molecule has 1 N–H and O–H groups in total. The number of aromatic nitrogens is 2. The molecule has 2 heterocycles. The third-order valence-electron chi connectivity index (χ3n) is 4.79. The molecule has 1 saturated heterocycles. The van der Waals surface area contributed by atoms with Gasteiger partial charge in [-0.1, -0.05) is 0 Å². The minimum absolute atomic E-state index is 0.0157. The molecule has 0 radical (unpaired) electrons. The molecule has 4 rings (SSSR count). The predicted molar refractivity (Wildman–Crippen MR) is 103 cm³/mol. The molecule has 2 aromatic carbocycles. The molecule has 0 saturated carbocycles. The zero-order valence-electron chi connectivity index (χ0n) is 15.3. The molecular weight excluding hydrogens is 384 g/mol. The maximum Gasteiger partial charge on any atom is 0.323 e. The number of methoxy groups -OCH3 is 1. The van der Waals surface area contributed by atoms with Crippen molar-refractivity contribution < 1.29 is 19.2 Å². The van der Waals surface area contributed by atoms with Crippen molar-refractivity contribution in [3.8, 4) is 5.75 Å². The molecule has 0 amide bonds. The van der Waals surface area contributed by atoms with Crippen molar-refractivity contribution in [2.45, 2.75) is 12.8 Å². The summed E-state index contributed by atoms with van der Waals surface area (Å²) < 4.78 is 9.79. The van der Waals surface area contributed by atoms with E-state index < -0.39 is 9.85 Å². The Morgan fingerprint density at radius 1 is 1.07 bits per heavy atom. The second-order valence-corrected chi connectivity index (χ2v) is 6.47. The van der Waals surface area contributed by atoms with E-state index in [0.717, 1.165) is 12.8 Å². The molecule has 1 aliphatic rings. The standard InChI is InChI=1S/C17H16N6O6/c1-28-10-4-5-11(13(8-10)22(24)25)18-12-9-14(21-6-2-3-7-21)17(23(26)27)16-15(12)19-29-20-16/h4-5,8-9,18H,2-3,6-7H2,1H3. The van der Waals surface area contributed by atoms with E-state index in [4.69, 9.17) is 9.37 Å². The number of nitro groups is 2. The number of fused-ring (bicyclic) bond motifs is 1. The summed E-state index contributed by atoms with van der Waals surface area (Å²) in [5.41, 5.74) is 0.563. The quantitative estimate of drug-likeness (QED) is 0.481. The van der Waals surface area contributed by atoms with Crippen LogP contribution < -0.4 is 15.0 Å². The molecule has 150 valence electrons. The number of hydrogen-bond donors (Lipinski definition) is 1. The van der Waals surface area contributed by atoms with Crippen LogP contribution in [0.4, 0.5) is 28.4 Å². The minimum atomic E-state index is -0.546. The minimum Gasteiger partial charge on any atom is -0.496 e. The molecule has 0 unspecified atom stereocenters. The number of nitro benzene ring substituents is 2. The van der Waals surface area contributed by atoms with Crippen molar-refractivity contribution in [3.05, 3.63) is 44.5 Å². The first-order valence-electron chi connectivity index (χ1n) is 8.77. The second-order valence-electron chi connectivity index (χ2n) is 6.47. The van der Waals surface area contributed by atoms with Crippen LogP contribution in [0.5, 0.6) is 5.75 Å². The van der Waals surface area contributed by atoms with Crippen LogP contribution in [0.2, 0.25) is 0 Å². The van der Waals surface area contributed by atoms with Crippen molar-refractivity contribution in [1.82, 2.24) is 10.3 Å². The Balaban J connectivity index is 1.87. The highest BCUT2D eigenvalue weighted by Crippen LogP contribution is 2.42. The van der Waals surface area contributed by atoms with Crippen molar-refractivity contribution in [2.24, 2.45) is 0 Å². The van der Waals surface area contributed by atoms with Crippen LogP contribution in [-0.2, 0) is 0 Å². The number of benzene rings is 2. The third-order valence-corrected chi connectivity index (χ3v) is 4.79. The molecular formula is C17H16N6O6. The lowest BCUT2D eigenvalue weighted by Crippen LogP contribution is -2.19. The molecule has 29 heavy (non-hydrogen) atoms. The van der Waals surface area contributed by atoms with Gasteiger partial charge in [0.2, 0.25) is 5.52 Å². The molecule has 0 spiro atoms. The number of hydrogen-bond acceptors (Lipinski definition) is 10. The van der Waals surface area contributed by atoms with E-state index in [1.807, 2.05) is 4.90 Å². The monoisotopic (exact) mass is 400 g/mol. The van der Waals surface area contributed by atoms with Crippen LogP contribution in [0.15, 0.2) is 28.9 Å². The van der Waals surface area contributed by atoms with E-state index in [2.05, 4.69) is 15.6 Å². The highest BCUT2D eigenvalue weighted by atomic mass is 16.6. The van der Waals surface area contributed by atoms with Gasteiger partial charge in [0.25, 0.3) is 5.69 Å². The van der Waals surface area contributed by atoms with E-state index in [1.165, 1.54) is 19.2 Å². The summed E-state index contributed by atoms with van der Waals surface area (Å²) in [6, 6.07) is 5.91. The van der Waals surface area contributed by atoms with Crippen molar-refractivity contribution >= 4 is 39.5 Å². The fraction of sp³-hybridized carbons (Fsp3) is 0.294. The van der Waals surface area contributed by atoms with E-state index >= 15 is 0 Å². The molecule has 12 heteroatoms. The SMILES string of the molecule is COc1ccc(Nc2cc(N3CCCC3)c([N+](=O)[O-])c3nonc23)c([N+](=O)[O-])c1. The average molecular weight is 400 g/mol. The highest BCUT2D eigenvalue weighted by Gasteiger charge is 2.30. The summed E-state index contributed by atoms with van der Waals surface area (Å²) in [5, 5.41) is 33.6. The fourth-order valence-corrected chi connectivity index (χ4v) is 3.43. The number of ether oxygens (including phenoxy) is 1. The molecule has 1 aliphatic heterocycles. The molecule has 0 atom stereocenters. The smallest absolute Gasteiger partial charge is 0.323 e. The van der Waals surface area contributed by atoms with Gasteiger partial charge in [0.1, 0.15) is 17.1 Å².